The highest BCUT2D eigenvalue weighted by molar-refractivity contribution is 5.95. The van der Waals surface area contributed by atoms with Crippen LogP contribution >= 0.6 is 0 Å². The number of anilines is 1. The van der Waals surface area contributed by atoms with Crippen LogP contribution in [-0.2, 0) is 38.2 Å². The van der Waals surface area contributed by atoms with Gasteiger partial charge in [-0.25, -0.2) is 4.79 Å². The van der Waals surface area contributed by atoms with E-state index in [2.05, 4.69) is 53.8 Å². The van der Waals surface area contributed by atoms with Crippen LogP contribution in [0, 0.1) is 28.1 Å². The minimum absolute atomic E-state index is 0. The lowest BCUT2D eigenvalue weighted by Crippen LogP contribution is -2.29. The summed E-state index contributed by atoms with van der Waals surface area (Å²) in [5.41, 5.74) is 10.8. The first kappa shape index (κ1) is 120. The summed E-state index contributed by atoms with van der Waals surface area (Å²) in [6.45, 7) is 26.8. The Balaban J connectivity index is -0.000000727. The van der Waals surface area contributed by atoms with E-state index >= 15 is 0 Å². The third kappa shape index (κ3) is 38.8. The van der Waals surface area contributed by atoms with Crippen LogP contribution in [0.15, 0.2) is 297 Å². The van der Waals surface area contributed by atoms with Gasteiger partial charge in [-0.05, 0) is 154 Å². The molecule has 0 aliphatic rings. The second-order valence-electron chi connectivity index (χ2n) is 29.5. The lowest BCUT2D eigenvalue weighted by Gasteiger charge is -2.21. The number of ether oxygens (including phenoxy) is 8. The predicted molar refractivity (Wildman–Crippen MR) is 533 cm³/mol. The Morgan fingerprint density at radius 2 is 0.603 bits per heavy atom. The molecule has 1 amide bonds. The number of hydrogen-bond acceptors (Lipinski definition) is 14. The Labute approximate surface area is 760 Å². The van der Waals surface area contributed by atoms with Gasteiger partial charge in [0.1, 0.15) is 68.4 Å². The molecule has 686 valence electrons. The standard InChI is InChI=1S/C25H26O3.C20H24O3.C19H20O4.C19H22O3.C18H21NO.10CH4/c1-3-19(2)25(26)28-18-17-27-24-22(20-11-6-4-7-12-20)15-10-16-23(24)21-13-8-5-9-14-21;1-4-20(2,3)19(21)23-15-14-22-18-13-9-8-12-17(18)16-10-6-5-7-11-16;1-4-19(2,3)18(21)23-16-12-10-14(11-13-16)17(20)22-15-8-6-5-7-9-15;1-3-15(2)19(20)22-14-13-21-18-12-8-7-11-17(18)16-9-5-4-6-10-16;1-4-18(2,3)17(20)19-16-12-10-15(11-13-16)14-8-6-5-7-9-14;;;;;;;;;;/h4-16,19H,3,17-18H2,1-2H3;5-13H,4,14-15H2,1-3H3;5-13H,4H2,1-3H3;4-12,15H,3,13-14H2,1-2H3;5-13H,4H2,1-3H3,(H,19,20);10*1H4. The summed E-state index contributed by atoms with van der Waals surface area (Å²) in [7, 11) is 0. The monoisotopic (exact) mass is 1720 g/mol. The lowest BCUT2D eigenvalue weighted by molar-refractivity contribution is -0.155. The van der Waals surface area contributed by atoms with Crippen LogP contribution in [0.5, 0.6) is 28.7 Å². The minimum Gasteiger partial charge on any atom is -0.489 e. The Morgan fingerprint density at radius 3 is 0.984 bits per heavy atom. The van der Waals surface area contributed by atoms with Crippen molar-refractivity contribution in [3.8, 4) is 84.4 Å². The maximum atomic E-state index is 12.1. The third-order valence-corrected chi connectivity index (χ3v) is 19.8. The number of carbonyl (C=O) groups is 6. The summed E-state index contributed by atoms with van der Waals surface area (Å²) >= 11 is 0. The van der Waals surface area contributed by atoms with E-state index < -0.39 is 16.8 Å². The highest BCUT2D eigenvalue weighted by atomic mass is 16.6. The molecule has 0 radical (unpaired) electrons. The molecule has 0 aliphatic heterocycles. The molecule has 0 bridgehead atoms. The molecule has 15 nitrogen and oxygen atoms in total. The predicted octanol–water partition coefficient (Wildman–Crippen LogP) is 30.4. The molecule has 0 fully saturated rings. The summed E-state index contributed by atoms with van der Waals surface area (Å²) in [5, 5.41) is 2.97. The number of rotatable bonds is 31. The van der Waals surface area contributed by atoms with Crippen LogP contribution in [0.2, 0.25) is 0 Å². The lowest BCUT2D eigenvalue weighted by atomic mass is 9.89. The second kappa shape index (κ2) is 62.7. The Bertz CT molecular complexity index is 4710. The third-order valence-electron chi connectivity index (χ3n) is 19.8. The Hall–Kier alpha value is -12.4. The maximum Gasteiger partial charge on any atom is 0.343 e. The Morgan fingerprint density at radius 1 is 0.294 bits per heavy atom. The molecule has 0 aliphatic carbocycles. The number of amides is 1. The van der Waals surface area contributed by atoms with Crippen LogP contribution in [0.1, 0.15) is 207 Å². The molecule has 0 aromatic heterocycles. The zero-order valence-corrected chi connectivity index (χ0v) is 69.4. The fraction of sp³-hybridized carbons (Fsp3) is 0.351. The molecule has 0 saturated carbocycles. The van der Waals surface area contributed by atoms with Gasteiger partial charge in [-0.3, -0.25) is 24.0 Å². The van der Waals surface area contributed by atoms with Crippen LogP contribution in [0.25, 0.3) is 55.6 Å². The van der Waals surface area contributed by atoms with Crippen molar-refractivity contribution >= 4 is 41.4 Å². The molecule has 2 atom stereocenters. The first-order valence-corrected chi connectivity index (χ1v) is 39.9. The van der Waals surface area contributed by atoms with Crippen molar-refractivity contribution < 1.29 is 66.7 Å². The van der Waals surface area contributed by atoms with Crippen LogP contribution in [-0.4, -0.2) is 75.4 Å². The smallest absolute Gasteiger partial charge is 0.343 e. The van der Waals surface area contributed by atoms with Gasteiger partial charge in [-0.2, -0.15) is 0 Å². The van der Waals surface area contributed by atoms with E-state index in [4.69, 9.17) is 37.9 Å². The number of benzene rings is 11. The molecule has 11 rings (SSSR count). The van der Waals surface area contributed by atoms with Crippen LogP contribution < -0.4 is 29.0 Å². The van der Waals surface area contributed by atoms with Gasteiger partial charge in [-0.15, -0.1) is 0 Å². The molecular weight excluding hydrogens is 1570 g/mol. The molecule has 11 aromatic rings. The zero-order chi connectivity index (χ0) is 83.7. The van der Waals surface area contributed by atoms with Crippen LogP contribution in [0.4, 0.5) is 5.69 Å². The van der Waals surface area contributed by atoms with Gasteiger partial charge in [0.25, 0.3) is 0 Å². The quantitative estimate of drug-likeness (QED) is 0.0187. The summed E-state index contributed by atoms with van der Waals surface area (Å²) in [4.78, 5) is 71.5. The van der Waals surface area contributed by atoms with E-state index in [1.165, 1.54) is 5.56 Å². The highest BCUT2D eigenvalue weighted by Gasteiger charge is 2.29. The molecule has 11 aromatic carbocycles. The van der Waals surface area contributed by atoms with E-state index in [1.54, 1.807) is 48.5 Å². The van der Waals surface area contributed by atoms with Crippen molar-refractivity contribution in [2.45, 2.75) is 196 Å². The maximum absolute atomic E-state index is 12.1. The van der Waals surface area contributed by atoms with Gasteiger partial charge in [0.05, 0.1) is 28.2 Å². The van der Waals surface area contributed by atoms with Gasteiger partial charge in [0, 0.05) is 33.4 Å². The number of esters is 5. The van der Waals surface area contributed by atoms with Crippen molar-refractivity contribution in [2.75, 3.05) is 45.0 Å². The normalized spacial score (nSPS) is 10.4. The summed E-state index contributed by atoms with van der Waals surface area (Å²) < 4.78 is 44.2. The first-order valence-electron chi connectivity index (χ1n) is 39.9. The van der Waals surface area contributed by atoms with E-state index in [9.17, 15) is 28.8 Å². The first-order chi connectivity index (χ1) is 55.9. The van der Waals surface area contributed by atoms with Gasteiger partial charge in [0.2, 0.25) is 5.91 Å². The van der Waals surface area contributed by atoms with Gasteiger partial charge in [-0.1, -0.05) is 373 Å². The number of para-hydroxylation sites is 4. The molecule has 2 unspecified atom stereocenters. The van der Waals surface area contributed by atoms with Gasteiger partial charge < -0.3 is 43.2 Å². The molecule has 0 saturated heterocycles. The average Bonchev–Trinajstić information content (AvgIpc) is 0.797. The minimum atomic E-state index is -0.537. The van der Waals surface area contributed by atoms with Crippen molar-refractivity contribution in [3.63, 3.8) is 0 Å². The van der Waals surface area contributed by atoms with Crippen molar-refractivity contribution in [1.82, 2.24) is 0 Å². The number of hydrogen-bond donors (Lipinski definition) is 1. The Kier molecular flexibility index (Phi) is 59.7. The highest BCUT2D eigenvalue weighted by Crippen LogP contribution is 2.40. The average molecular weight is 1730 g/mol. The SMILES string of the molecule is C.C.C.C.C.C.C.C.C.C.CCC(C)(C)C(=O)Nc1ccc(-c2ccccc2)cc1.CCC(C)(C)C(=O)OCCOc1ccccc1-c1ccccc1.CCC(C)(C)C(=O)Oc1ccc(C(=O)Oc2ccccc2)cc1.CCC(C)C(=O)OCCOc1c(-c2ccccc2)cccc1-c1ccccc1.CCC(C)C(=O)OCCOc1ccccc1-c1ccccc1. The second-order valence-corrected chi connectivity index (χ2v) is 29.5. The molecule has 15 heteroatoms. The van der Waals surface area contributed by atoms with E-state index in [1.807, 2.05) is 290 Å². The molecule has 0 heterocycles. The zero-order valence-electron chi connectivity index (χ0n) is 69.4. The van der Waals surface area contributed by atoms with Crippen molar-refractivity contribution in [3.05, 3.63) is 303 Å². The van der Waals surface area contributed by atoms with E-state index in [0.29, 0.717) is 43.3 Å². The fourth-order valence-corrected chi connectivity index (χ4v) is 10.6. The fourth-order valence-electron chi connectivity index (χ4n) is 10.6. The summed E-state index contributed by atoms with van der Waals surface area (Å²) in [6.07, 6.45) is 3.82. The molecule has 0 spiro atoms. The summed E-state index contributed by atoms with van der Waals surface area (Å²) in [6, 6.07) is 95.8. The molecular formula is C111H153NO14. The summed E-state index contributed by atoms with van der Waals surface area (Å²) in [5.74, 6) is 1.94. The molecule has 1 N–H and O–H groups in total. The van der Waals surface area contributed by atoms with Crippen molar-refractivity contribution in [2.24, 2.45) is 28.1 Å². The van der Waals surface area contributed by atoms with Gasteiger partial charge >= 0.3 is 29.8 Å². The largest absolute Gasteiger partial charge is 0.489 e. The van der Waals surface area contributed by atoms with E-state index in [0.717, 1.165) is 98.7 Å². The van der Waals surface area contributed by atoms with Gasteiger partial charge in [0.15, 0.2) is 0 Å². The van der Waals surface area contributed by atoms with Crippen molar-refractivity contribution in [1.29, 1.82) is 0 Å². The van der Waals surface area contributed by atoms with E-state index in [-0.39, 0.29) is 141 Å². The topological polar surface area (TPSA) is 188 Å². The number of nitrogens with one attached hydrogen (secondary N) is 1. The van der Waals surface area contributed by atoms with Crippen LogP contribution in [0.3, 0.4) is 0 Å². The number of carbonyl (C=O) groups excluding carboxylic acids is 6. The molecule has 126 heavy (non-hydrogen) atoms.